The Kier molecular flexibility index (Phi) is 4.86. The van der Waals surface area contributed by atoms with Crippen LogP contribution in [0.2, 0.25) is 0 Å². The van der Waals surface area contributed by atoms with E-state index in [0.29, 0.717) is 17.2 Å². The van der Waals surface area contributed by atoms with Gasteiger partial charge in [-0.15, -0.1) is 0 Å². The third-order valence-electron chi connectivity index (χ3n) is 5.59. The van der Waals surface area contributed by atoms with Gasteiger partial charge in [0.25, 0.3) is 0 Å². The standard InChI is InChI=1S/C21H26N2O4/c1-14(2)15-5-7-16(8-6-15)21(26,17-9-18(27-4)11-22-10-17)20(3)12-23(13-20)19(24)25/h5-11,14,26H,12-13H2,1-4H3,(H,24,25). The molecule has 1 aromatic heterocycles. The summed E-state index contributed by atoms with van der Waals surface area (Å²) in [6.45, 7) is 6.61. The Balaban J connectivity index is 2.10. The number of ether oxygens (including phenoxy) is 1. The molecule has 0 spiro atoms. The van der Waals surface area contributed by atoms with Crippen LogP contribution < -0.4 is 4.74 Å². The lowest BCUT2D eigenvalue weighted by molar-refractivity contribution is -0.124. The number of pyridine rings is 1. The Bertz CT molecular complexity index is 828. The average Bonchev–Trinajstić information content (AvgIpc) is 2.64. The molecule has 144 valence electrons. The lowest BCUT2D eigenvalue weighted by atomic mass is 9.62. The summed E-state index contributed by atoms with van der Waals surface area (Å²) in [7, 11) is 1.55. The second-order valence-corrected chi connectivity index (χ2v) is 7.80. The number of carboxylic acid groups (broad SMARTS) is 1. The molecule has 1 unspecified atom stereocenters. The molecule has 1 atom stereocenters. The van der Waals surface area contributed by atoms with E-state index in [1.165, 1.54) is 10.5 Å². The molecule has 1 aliphatic rings. The van der Waals surface area contributed by atoms with Gasteiger partial charge in [-0.3, -0.25) is 4.98 Å². The number of methoxy groups -OCH3 is 1. The third kappa shape index (κ3) is 3.14. The summed E-state index contributed by atoms with van der Waals surface area (Å²) in [6.07, 6.45) is 2.22. The van der Waals surface area contributed by atoms with E-state index in [9.17, 15) is 15.0 Å². The summed E-state index contributed by atoms with van der Waals surface area (Å²) in [5.74, 6) is 0.926. The van der Waals surface area contributed by atoms with Crippen molar-refractivity contribution in [3.8, 4) is 5.75 Å². The molecule has 0 radical (unpaired) electrons. The first-order valence-corrected chi connectivity index (χ1v) is 9.01. The minimum absolute atomic E-state index is 0.238. The van der Waals surface area contributed by atoms with E-state index >= 15 is 0 Å². The molecule has 27 heavy (non-hydrogen) atoms. The quantitative estimate of drug-likeness (QED) is 0.842. The van der Waals surface area contributed by atoms with Crippen LogP contribution >= 0.6 is 0 Å². The highest BCUT2D eigenvalue weighted by atomic mass is 16.5. The molecule has 2 N–H and O–H groups in total. The maximum Gasteiger partial charge on any atom is 0.407 e. The van der Waals surface area contributed by atoms with E-state index in [0.717, 1.165) is 5.56 Å². The number of rotatable bonds is 5. The molecule has 2 aromatic rings. The van der Waals surface area contributed by atoms with Crippen molar-refractivity contribution in [2.75, 3.05) is 20.2 Å². The van der Waals surface area contributed by atoms with Gasteiger partial charge in [-0.1, -0.05) is 45.0 Å². The highest BCUT2D eigenvalue weighted by Gasteiger charge is 2.57. The molecule has 0 saturated carbocycles. The van der Waals surface area contributed by atoms with Crippen LogP contribution in [0.5, 0.6) is 5.75 Å². The number of aromatic nitrogens is 1. The van der Waals surface area contributed by atoms with Crippen LogP contribution in [0.3, 0.4) is 0 Å². The van der Waals surface area contributed by atoms with Crippen LogP contribution in [0, 0.1) is 5.41 Å². The fraction of sp³-hybridized carbons (Fsp3) is 0.429. The zero-order valence-electron chi connectivity index (χ0n) is 16.1. The number of aliphatic hydroxyl groups is 1. The molecule has 0 bridgehead atoms. The largest absolute Gasteiger partial charge is 0.495 e. The first-order valence-electron chi connectivity index (χ1n) is 9.01. The van der Waals surface area contributed by atoms with E-state index in [4.69, 9.17) is 4.74 Å². The number of carbonyl (C=O) groups is 1. The van der Waals surface area contributed by atoms with Crippen molar-refractivity contribution < 1.29 is 19.7 Å². The van der Waals surface area contributed by atoms with Crippen molar-refractivity contribution in [1.82, 2.24) is 9.88 Å². The third-order valence-corrected chi connectivity index (χ3v) is 5.59. The van der Waals surface area contributed by atoms with Crippen molar-refractivity contribution in [1.29, 1.82) is 0 Å². The summed E-state index contributed by atoms with van der Waals surface area (Å²) in [5, 5.41) is 21.2. The van der Waals surface area contributed by atoms with Gasteiger partial charge in [0, 0.05) is 30.3 Å². The van der Waals surface area contributed by atoms with Crippen LogP contribution in [-0.4, -0.2) is 46.4 Å². The predicted octanol–water partition coefficient (Wildman–Crippen LogP) is 3.45. The molecule has 6 heteroatoms. The molecule has 1 saturated heterocycles. The number of hydrogen-bond donors (Lipinski definition) is 2. The first-order chi connectivity index (χ1) is 12.7. The van der Waals surface area contributed by atoms with E-state index < -0.39 is 17.1 Å². The van der Waals surface area contributed by atoms with E-state index in [-0.39, 0.29) is 13.1 Å². The normalized spacial score (nSPS) is 17.9. The lowest BCUT2D eigenvalue weighted by Gasteiger charge is -2.55. The van der Waals surface area contributed by atoms with Gasteiger partial charge >= 0.3 is 6.09 Å². The Hall–Kier alpha value is -2.60. The average molecular weight is 370 g/mol. The van der Waals surface area contributed by atoms with Gasteiger partial charge < -0.3 is 19.8 Å². The van der Waals surface area contributed by atoms with Gasteiger partial charge in [-0.25, -0.2) is 4.79 Å². The number of amides is 1. The topological polar surface area (TPSA) is 82.9 Å². The summed E-state index contributed by atoms with van der Waals surface area (Å²) in [5.41, 5.74) is 0.409. The molecule has 2 heterocycles. The minimum Gasteiger partial charge on any atom is -0.495 e. The fourth-order valence-corrected chi connectivity index (χ4v) is 3.86. The Morgan fingerprint density at radius 1 is 1.22 bits per heavy atom. The number of benzene rings is 1. The second kappa shape index (κ2) is 6.85. The fourth-order valence-electron chi connectivity index (χ4n) is 3.86. The Labute approximate surface area is 159 Å². The monoisotopic (exact) mass is 370 g/mol. The molecule has 1 fully saturated rings. The number of likely N-dealkylation sites (tertiary alicyclic amines) is 1. The minimum atomic E-state index is -1.39. The SMILES string of the molecule is COc1cncc(C(O)(c2ccc(C(C)C)cc2)C2(C)CN(C(=O)O)C2)c1. The second-order valence-electron chi connectivity index (χ2n) is 7.80. The van der Waals surface area contributed by atoms with Crippen molar-refractivity contribution in [2.45, 2.75) is 32.3 Å². The summed E-state index contributed by atoms with van der Waals surface area (Å²) in [4.78, 5) is 16.8. The van der Waals surface area contributed by atoms with Crippen molar-refractivity contribution in [2.24, 2.45) is 5.41 Å². The highest BCUT2D eigenvalue weighted by Crippen LogP contribution is 2.50. The van der Waals surface area contributed by atoms with Crippen LogP contribution in [-0.2, 0) is 5.60 Å². The Morgan fingerprint density at radius 2 is 1.85 bits per heavy atom. The van der Waals surface area contributed by atoms with Gasteiger partial charge in [-0.2, -0.15) is 0 Å². The zero-order valence-corrected chi connectivity index (χ0v) is 16.1. The molecular weight excluding hydrogens is 344 g/mol. The maximum absolute atomic E-state index is 12.0. The van der Waals surface area contributed by atoms with Crippen LogP contribution in [0.1, 0.15) is 43.4 Å². The molecule has 0 aliphatic carbocycles. The van der Waals surface area contributed by atoms with Crippen molar-refractivity contribution in [3.63, 3.8) is 0 Å². The van der Waals surface area contributed by atoms with E-state index in [1.807, 2.05) is 31.2 Å². The zero-order chi connectivity index (χ0) is 19.8. The summed E-state index contributed by atoms with van der Waals surface area (Å²) in [6, 6.07) is 9.62. The van der Waals surface area contributed by atoms with E-state index in [2.05, 4.69) is 18.8 Å². The van der Waals surface area contributed by atoms with Gasteiger partial charge in [0.05, 0.1) is 13.3 Å². The van der Waals surface area contributed by atoms with Gasteiger partial charge in [-0.05, 0) is 23.1 Å². The molecule has 1 aliphatic heterocycles. The van der Waals surface area contributed by atoms with Crippen LogP contribution in [0.15, 0.2) is 42.7 Å². The molecule has 6 nitrogen and oxygen atoms in total. The predicted molar refractivity (Wildman–Crippen MR) is 102 cm³/mol. The Morgan fingerprint density at radius 3 is 2.37 bits per heavy atom. The molecular formula is C21H26N2O4. The number of nitrogens with zero attached hydrogens (tertiary/aromatic N) is 2. The lowest BCUT2D eigenvalue weighted by Crippen LogP contribution is -2.66. The van der Waals surface area contributed by atoms with Gasteiger partial charge in [0.15, 0.2) is 0 Å². The molecule has 3 rings (SSSR count). The first kappa shape index (κ1) is 19.2. The van der Waals surface area contributed by atoms with Crippen molar-refractivity contribution >= 4 is 6.09 Å². The molecule has 1 amide bonds. The summed E-state index contributed by atoms with van der Waals surface area (Å²) < 4.78 is 5.28. The molecule has 1 aromatic carbocycles. The van der Waals surface area contributed by atoms with Crippen molar-refractivity contribution in [3.05, 3.63) is 59.4 Å². The highest BCUT2D eigenvalue weighted by molar-refractivity contribution is 5.67. The van der Waals surface area contributed by atoms with Gasteiger partial charge in [0.2, 0.25) is 0 Å². The van der Waals surface area contributed by atoms with Crippen LogP contribution in [0.25, 0.3) is 0 Å². The maximum atomic E-state index is 12.0. The van der Waals surface area contributed by atoms with Crippen LogP contribution in [0.4, 0.5) is 4.79 Å². The number of hydrogen-bond acceptors (Lipinski definition) is 4. The smallest absolute Gasteiger partial charge is 0.407 e. The summed E-state index contributed by atoms with van der Waals surface area (Å²) >= 11 is 0. The van der Waals surface area contributed by atoms with E-state index in [1.54, 1.807) is 25.6 Å². The van der Waals surface area contributed by atoms with Gasteiger partial charge in [0.1, 0.15) is 11.4 Å².